The minimum absolute atomic E-state index is 0.551. The summed E-state index contributed by atoms with van der Waals surface area (Å²) < 4.78 is 27.4. The fourth-order valence-corrected chi connectivity index (χ4v) is 3.10. The number of ether oxygens (including phenoxy) is 1. The molecule has 5 nitrogen and oxygen atoms in total. The van der Waals surface area contributed by atoms with Crippen LogP contribution in [0.5, 0.6) is 0 Å². The Hall–Kier alpha value is -1.42. The predicted molar refractivity (Wildman–Crippen MR) is 77.3 cm³/mol. The zero-order valence-corrected chi connectivity index (χ0v) is 12.9. The number of carbonyl (C=O) groups is 1. The second-order valence-electron chi connectivity index (χ2n) is 4.17. The zero-order valence-electron chi connectivity index (χ0n) is 12.0. The van der Waals surface area contributed by atoms with E-state index in [2.05, 4.69) is 0 Å². The van der Waals surface area contributed by atoms with Gasteiger partial charge >= 0.3 is 13.6 Å². The minimum atomic E-state index is -3.55. The third-order valence-electron chi connectivity index (χ3n) is 2.66. The average Bonchev–Trinajstić information content (AvgIpc) is 2.44. The Labute approximate surface area is 119 Å². The molecule has 0 bridgehead atoms. The fraction of sp³-hybridized carbons (Fsp3) is 0.357. The van der Waals surface area contributed by atoms with E-state index in [0.717, 1.165) is 5.56 Å². The van der Waals surface area contributed by atoms with Crippen molar-refractivity contribution in [3.63, 3.8) is 0 Å². The van der Waals surface area contributed by atoms with Crippen LogP contribution < -0.4 is 0 Å². The number of esters is 1. The molecule has 110 valence electrons. The van der Waals surface area contributed by atoms with Gasteiger partial charge in [-0.15, -0.1) is 0 Å². The fourth-order valence-electron chi connectivity index (χ4n) is 1.71. The second-order valence-corrected chi connectivity index (χ2v) is 6.44. The van der Waals surface area contributed by atoms with Gasteiger partial charge in [-0.05, 0) is 18.1 Å². The molecule has 1 aromatic carbocycles. The van der Waals surface area contributed by atoms with Gasteiger partial charge in [-0.3, -0.25) is 9.36 Å². The molecule has 0 saturated heterocycles. The van der Waals surface area contributed by atoms with Gasteiger partial charge in [0.25, 0.3) is 0 Å². The summed E-state index contributed by atoms with van der Waals surface area (Å²) in [5.74, 6) is -1.61. The maximum Gasteiger partial charge on any atom is 0.374 e. The Morgan fingerprint density at radius 1 is 1.15 bits per heavy atom. The van der Waals surface area contributed by atoms with Crippen molar-refractivity contribution in [2.75, 3.05) is 14.2 Å². The van der Waals surface area contributed by atoms with Crippen LogP contribution in [0.25, 0.3) is 6.08 Å². The lowest BCUT2D eigenvalue weighted by molar-refractivity contribution is -0.142. The Morgan fingerprint density at radius 2 is 1.70 bits per heavy atom. The van der Waals surface area contributed by atoms with Crippen LogP contribution in [0.15, 0.2) is 35.9 Å². The summed E-state index contributed by atoms with van der Waals surface area (Å²) in [4.78, 5) is 11.2. The molecule has 0 aliphatic carbocycles. The van der Waals surface area contributed by atoms with E-state index in [1.165, 1.54) is 21.1 Å². The molecule has 0 aliphatic heterocycles. The summed E-state index contributed by atoms with van der Waals surface area (Å²) in [5, 5.41) is 0. The molecule has 0 spiro atoms. The monoisotopic (exact) mass is 298 g/mol. The lowest BCUT2D eigenvalue weighted by atomic mass is 10.1. The molecular weight excluding hydrogens is 279 g/mol. The van der Waals surface area contributed by atoms with E-state index in [-0.39, 0.29) is 0 Å². The van der Waals surface area contributed by atoms with Gasteiger partial charge in [0.1, 0.15) is 0 Å². The molecule has 0 radical (unpaired) electrons. The number of carbonyl (C=O) groups excluding carboxylic acids is 1. The molecule has 20 heavy (non-hydrogen) atoms. The van der Waals surface area contributed by atoms with Crippen molar-refractivity contribution in [1.82, 2.24) is 0 Å². The van der Waals surface area contributed by atoms with Crippen molar-refractivity contribution >= 4 is 19.6 Å². The van der Waals surface area contributed by atoms with Gasteiger partial charge in [-0.2, -0.15) is 0 Å². The Balaban J connectivity index is 3.14. The Kier molecular flexibility index (Phi) is 6.14. The van der Waals surface area contributed by atoms with Gasteiger partial charge in [0, 0.05) is 21.1 Å². The van der Waals surface area contributed by atoms with Gasteiger partial charge in [-0.1, -0.05) is 36.4 Å². The first kappa shape index (κ1) is 16.6. The molecule has 0 heterocycles. The van der Waals surface area contributed by atoms with Crippen LogP contribution in [-0.4, -0.2) is 26.0 Å². The lowest BCUT2D eigenvalue weighted by Gasteiger charge is -2.24. The van der Waals surface area contributed by atoms with Gasteiger partial charge in [0.2, 0.25) is 5.85 Å². The van der Waals surface area contributed by atoms with Crippen molar-refractivity contribution in [1.29, 1.82) is 0 Å². The number of rotatable bonds is 6. The molecule has 0 N–H and O–H groups in total. The summed E-state index contributed by atoms with van der Waals surface area (Å²) in [7, 11) is -1.03. The van der Waals surface area contributed by atoms with Crippen LogP contribution in [0.2, 0.25) is 0 Å². The summed E-state index contributed by atoms with van der Waals surface area (Å²) >= 11 is 0. The van der Waals surface area contributed by atoms with E-state index in [0.29, 0.717) is 5.57 Å². The molecule has 6 heteroatoms. The number of benzene rings is 1. The molecule has 0 unspecified atom stereocenters. The molecule has 0 amide bonds. The maximum absolute atomic E-state index is 12.5. The van der Waals surface area contributed by atoms with E-state index in [4.69, 9.17) is 13.8 Å². The van der Waals surface area contributed by atoms with E-state index < -0.39 is 19.4 Å². The van der Waals surface area contributed by atoms with Crippen LogP contribution >= 0.6 is 7.60 Å². The molecule has 0 aliphatic rings. The average molecular weight is 298 g/mol. The topological polar surface area (TPSA) is 61.8 Å². The third-order valence-corrected chi connectivity index (χ3v) is 4.76. The smallest absolute Gasteiger partial charge is 0.374 e. The summed E-state index contributed by atoms with van der Waals surface area (Å²) in [6, 6.07) is 9.43. The number of hydrogen-bond donors (Lipinski definition) is 0. The molecule has 0 aromatic heterocycles. The van der Waals surface area contributed by atoms with E-state index in [1.807, 2.05) is 30.3 Å². The molecule has 0 fully saturated rings. The van der Waals surface area contributed by atoms with Crippen molar-refractivity contribution in [2.24, 2.45) is 0 Å². The standard InChI is InChI=1S/C14H19O5P/c1-11(10-13-8-6-5-7-9-13)14(19-12(2)15)20(16,17-3)18-4/h5-10,14H,1-4H3/b11-10+/t14-/m0/s1. The van der Waals surface area contributed by atoms with Crippen LogP contribution in [0.3, 0.4) is 0 Å². The van der Waals surface area contributed by atoms with Gasteiger partial charge in [0.05, 0.1) is 0 Å². The molecule has 1 aromatic rings. The molecule has 1 rings (SSSR count). The first-order valence-electron chi connectivity index (χ1n) is 6.04. The van der Waals surface area contributed by atoms with Crippen LogP contribution in [-0.2, 0) is 23.1 Å². The van der Waals surface area contributed by atoms with Crippen molar-refractivity contribution in [3.8, 4) is 0 Å². The Morgan fingerprint density at radius 3 is 2.15 bits per heavy atom. The summed E-state index contributed by atoms with van der Waals surface area (Å²) in [6.07, 6.45) is 1.78. The van der Waals surface area contributed by atoms with Crippen LogP contribution in [0.4, 0.5) is 0 Å². The second kappa shape index (κ2) is 7.39. The SMILES string of the molecule is COP(=O)(OC)[C@H](OC(C)=O)/C(C)=C/c1ccccc1. The van der Waals surface area contributed by atoms with Crippen molar-refractivity contribution < 1.29 is 23.1 Å². The normalized spacial score (nSPS) is 13.9. The molecule has 0 saturated carbocycles. The molecular formula is C14H19O5P. The largest absolute Gasteiger partial charge is 0.445 e. The van der Waals surface area contributed by atoms with Crippen molar-refractivity contribution in [2.45, 2.75) is 19.7 Å². The highest BCUT2D eigenvalue weighted by Gasteiger charge is 2.38. The first-order valence-corrected chi connectivity index (χ1v) is 7.65. The Bertz CT molecular complexity index is 516. The van der Waals surface area contributed by atoms with Crippen LogP contribution in [0, 0.1) is 0 Å². The maximum atomic E-state index is 12.5. The molecule has 1 atom stereocenters. The van der Waals surface area contributed by atoms with Gasteiger partial charge in [-0.25, -0.2) is 0 Å². The van der Waals surface area contributed by atoms with Gasteiger partial charge in [0.15, 0.2) is 0 Å². The lowest BCUT2D eigenvalue weighted by Crippen LogP contribution is -2.19. The summed E-state index contributed by atoms with van der Waals surface area (Å²) in [6.45, 7) is 2.96. The highest BCUT2D eigenvalue weighted by Crippen LogP contribution is 2.54. The van der Waals surface area contributed by atoms with E-state index in [1.54, 1.807) is 13.0 Å². The predicted octanol–water partition coefficient (Wildman–Crippen LogP) is 3.47. The zero-order chi connectivity index (χ0) is 15.2. The van der Waals surface area contributed by atoms with Gasteiger partial charge < -0.3 is 13.8 Å². The highest BCUT2D eigenvalue weighted by molar-refractivity contribution is 7.54. The van der Waals surface area contributed by atoms with E-state index >= 15 is 0 Å². The highest BCUT2D eigenvalue weighted by atomic mass is 31.2. The van der Waals surface area contributed by atoms with E-state index in [9.17, 15) is 9.36 Å². The minimum Gasteiger partial charge on any atom is -0.445 e. The first-order chi connectivity index (χ1) is 9.42. The van der Waals surface area contributed by atoms with Crippen LogP contribution in [0.1, 0.15) is 19.4 Å². The van der Waals surface area contributed by atoms with Crippen molar-refractivity contribution in [3.05, 3.63) is 41.5 Å². The quantitative estimate of drug-likeness (QED) is 0.594. The summed E-state index contributed by atoms with van der Waals surface area (Å²) in [5.41, 5.74) is 1.49. The third kappa shape index (κ3) is 4.30. The number of hydrogen-bond acceptors (Lipinski definition) is 5.